The summed E-state index contributed by atoms with van der Waals surface area (Å²) in [5, 5.41) is 9.64. The van der Waals surface area contributed by atoms with E-state index in [2.05, 4.69) is 0 Å². The van der Waals surface area contributed by atoms with Gasteiger partial charge in [0.05, 0.1) is 6.10 Å². The molecule has 0 amide bonds. The Bertz CT molecular complexity index is 315. The van der Waals surface area contributed by atoms with Crippen molar-refractivity contribution in [3.63, 3.8) is 0 Å². The summed E-state index contributed by atoms with van der Waals surface area (Å²) in [5.41, 5.74) is 6.62. The number of aliphatic hydroxyl groups is 1. The quantitative estimate of drug-likeness (QED) is 0.805. The standard InChI is InChI=1S/C11H15F2NO/c1-7(14)11(15)9-4-2-3-8(5-9)6-10(12)13/h2-5,7,10-11,15H,6,14H2,1H3. The first-order chi connectivity index (χ1) is 7.00. The van der Waals surface area contributed by atoms with Crippen molar-refractivity contribution >= 4 is 0 Å². The van der Waals surface area contributed by atoms with E-state index in [1.165, 1.54) is 0 Å². The molecule has 0 fully saturated rings. The average molecular weight is 215 g/mol. The SMILES string of the molecule is CC(N)C(O)c1cccc(CC(F)F)c1. The summed E-state index contributed by atoms with van der Waals surface area (Å²) in [7, 11) is 0. The number of nitrogens with two attached hydrogens (primary N) is 1. The van der Waals surface area contributed by atoms with Crippen molar-refractivity contribution in [3.8, 4) is 0 Å². The Morgan fingerprint density at radius 3 is 2.60 bits per heavy atom. The van der Waals surface area contributed by atoms with Gasteiger partial charge < -0.3 is 10.8 Å². The normalized spacial score (nSPS) is 15.3. The summed E-state index contributed by atoms with van der Waals surface area (Å²) in [4.78, 5) is 0. The Kier molecular flexibility index (Phi) is 4.17. The minimum atomic E-state index is -2.37. The predicted molar refractivity (Wildman–Crippen MR) is 54.8 cm³/mol. The van der Waals surface area contributed by atoms with Crippen LogP contribution >= 0.6 is 0 Å². The van der Waals surface area contributed by atoms with Crippen molar-refractivity contribution in [1.82, 2.24) is 0 Å². The van der Waals surface area contributed by atoms with Crippen LogP contribution in [0.2, 0.25) is 0 Å². The predicted octanol–water partition coefficient (Wildman–Crippen LogP) is 1.87. The van der Waals surface area contributed by atoms with Gasteiger partial charge in [-0.15, -0.1) is 0 Å². The second-order valence-corrected chi connectivity index (χ2v) is 3.64. The summed E-state index contributed by atoms with van der Waals surface area (Å²) in [6.07, 6.45) is -3.46. The van der Waals surface area contributed by atoms with Gasteiger partial charge in [0, 0.05) is 12.5 Å². The first kappa shape index (κ1) is 12.1. The molecule has 2 nitrogen and oxygen atoms in total. The van der Waals surface area contributed by atoms with Crippen LogP contribution in [-0.2, 0) is 6.42 Å². The largest absolute Gasteiger partial charge is 0.387 e. The lowest BCUT2D eigenvalue weighted by Crippen LogP contribution is -2.24. The molecule has 0 aromatic heterocycles. The molecule has 0 heterocycles. The van der Waals surface area contributed by atoms with Crippen LogP contribution in [0.25, 0.3) is 0 Å². The van der Waals surface area contributed by atoms with Crippen LogP contribution in [0.3, 0.4) is 0 Å². The highest BCUT2D eigenvalue weighted by Crippen LogP contribution is 2.18. The maximum atomic E-state index is 12.1. The molecule has 0 aliphatic heterocycles. The molecule has 0 aliphatic rings. The van der Waals surface area contributed by atoms with Crippen molar-refractivity contribution in [3.05, 3.63) is 35.4 Å². The van der Waals surface area contributed by atoms with Gasteiger partial charge >= 0.3 is 0 Å². The van der Waals surface area contributed by atoms with Crippen molar-refractivity contribution < 1.29 is 13.9 Å². The molecule has 0 aliphatic carbocycles. The zero-order chi connectivity index (χ0) is 11.4. The lowest BCUT2D eigenvalue weighted by Gasteiger charge is -2.15. The van der Waals surface area contributed by atoms with Crippen LogP contribution in [0.15, 0.2) is 24.3 Å². The van der Waals surface area contributed by atoms with Crippen molar-refractivity contribution in [1.29, 1.82) is 0 Å². The Morgan fingerprint density at radius 1 is 1.40 bits per heavy atom. The van der Waals surface area contributed by atoms with E-state index in [0.29, 0.717) is 11.1 Å². The van der Waals surface area contributed by atoms with Gasteiger partial charge in [-0.05, 0) is 18.1 Å². The zero-order valence-electron chi connectivity index (χ0n) is 8.53. The Morgan fingerprint density at radius 2 is 2.07 bits per heavy atom. The molecule has 2 unspecified atom stereocenters. The molecule has 1 rings (SSSR count). The molecule has 0 bridgehead atoms. The topological polar surface area (TPSA) is 46.2 Å². The molecule has 3 N–H and O–H groups in total. The second-order valence-electron chi connectivity index (χ2n) is 3.64. The molecule has 1 aromatic rings. The van der Waals surface area contributed by atoms with E-state index in [4.69, 9.17) is 5.73 Å². The Hall–Kier alpha value is -1.00. The molecule has 1 aromatic carbocycles. The monoisotopic (exact) mass is 215 g/mol. The Balaban J connectivity index is 2.82. The van der Waals surface area contributed by atoms with Gasteiger partial charge in [0.15, 0.2) is 0 Å². The lowest BCUT2D eigenvalue weighted by molar-refractivity contribution is 0.147. The van der Waals surface area contributed by atoms with E-state index in [9.17, 15) is 13.9 Å². The first-order valence-corrected chi connectivity index (χ1v) is 4.81. The summed E-state index contributed by atoms with van der Waals surface area (Å²) >= 11 is 0. The van der Waals surface area contributed by atoms with Gasteiger partial charge in [-0.25, -0.2) is 8.78 Å². The maximum absolute atomic E-state index is 12.1. The molecule has 0 radical (unpaired) electrons. The van der Waals surface area contributed by atoms with Gasteiger partial charge in [-0.1, -0.05) is 24.3 Å². The summed E-state index contributed by atoms with van der Waals surface area (Å²) in [6.45, 7) is 1.67. The van der Waals surface area contributed by atoms with Crippen LogP contribution in [0.5, 0.6) is 0 Å². The molecule has 84 valence electrons. The molecular formula is C11H15F2NO. The van der Waals surface area contributed by atoms with Gasteiger partial charge in [-0.3, -0.25) is 0 Å². The minimum absolute atomic E-state index is 0.292. The first-order valence-electron chi connectivity index (χ1n) is 4.81. The number of hydrogen-bond donors (Lipinski definition) is 2. The summed E-state index contributed by atoms with van der Waals surface area (Å²) < 4.78 is 24.2. The third kappa shape index (κ3) is 3.57. The van der Waals surface area contributed by atoms with E-state index in [0.717, 1.165) is 0 Å². The van der Waals surface area contributed by atoms with Crippen molar-refractivity contribution in [2.45, 2.75) is 31.9 Å². The van der Waals surface area contributed by atoms with Crippen LogP contribution in [-0.4, -0.2) is 17.6 Å². The van der Waals surface area contributed by atoms with Crippen LogP contribution in [0.1, 0.15) is 24.2 Å². The van der Waals surface area contributed by atoms with Crippen LogP contribution in [0.4, 0.5) is 8.78 Å². The number of halogens is 2. The van der Waals surface area contributed by atoms with Crippen molar-refractivity contribution in [2.24, 2.45) is 5.73 Å². The highest BCUT2D eigenvalue weighted by atomic mass is 19.3. The molecule has 4 heteroatoms. The molecule has 0 spiro atoms. The number of benzene rings is 1. The van der Waals surface area contributed by atoms with Crippen LogP contribution < -0.4 is 5.73 Å². The zero-order valence-corrected chi connectivity index (χ0v) is 8.53. The second kappa shape index (κ2) is 5.19. The smallest absolute Gasteiger partial charge is 0.242 e. The Labute approximate surface area is 87.7 Å². The number of alkyl halides is 2. The fourth-order valence-electron chi connectivity index (χ4n) is 1.39. The summed E-state index contributed by atoms with van der Waals surface area (Å²) in [5.74, 6) is 0. The van der Waals surface area contributed by atoms with E-state index in [1.54, 1.807) is 31.2 Å². The van der Waals surface area contributed by atoms with E-state index in [1.807, 2.05) is 0 Å². The van der Waals surface area contributed by atoms with Gasteiger partial charge in [0.1, 0.15) is 0 Å². The fourth-order valence-corrected chi connectivity index (χ4v) is 1.39. The number of hydrogen-bond acceptors (Lipinski definition) is 2. The maximum Gasteiger partial charge on any atom is 0.242 e. The molecule has 0 saturated carbocycles. The molecule has 15 heavy (non-hydrogen) atoms. The number of aliphatic hydroxyl groups excluding tert-OH is 1. The highest BCUT2D eigenvalue weighted by molar-refractivity contribution is 5.26. The van der Waals surface area contributed by atoms with Gasteiger partial charge in [0.2, 0.25) is 6.43 Å². The van der Waals surface area contributed by atoms with E-state index >= 15 is 0 Å². The third-order valence-corrected chi connectivity index (χ3v) is 2.18. The van der Waals surface area contributed by atoms with Gasteiger partial charge in [0.25, 0.3) is 0 Å². The van der Waals surface area contributed by atoms with Gasteiger partial charge in [-0.2, -0.15) is 0 Å². The minimum Gasteiger partial charge on any atom is -0.387 e. The highest BCUT2D eigenvalue weighted by Gasteiger charge is 2.13. The number of rotatable bonds is 4. The third-order valence-electron chi connectivity index (χ3n) is 2.18. The van der Waals surface area contributed by atoms with E-state index < -0.39 is 18.6 Å². The molecule has 2 atom stereocenters. The molecular weight excluding hydrogens is 200 g/mol. The average Bonchev–Trinajstić information content (AvgIpc) is 2.16. The molecule has 0 saturated heterocycles. The van der Waals surface area contributed by atoms with Crippen LogP contribution in [0, 0.1) is 0 Å². The van der Waals surface area contributed by atoms with E-state index in [-0.39, 0.29) is 6.42 Å². The lowest BCUT2D eigenvalue weighted by atomic mass is 10.0. The fraction of sp³-hybridized carbons (Fsp3) is 0.455. The van der Waals surface area contributed by atoms with Crippen molar-refractivity contribution in [2.75, 3.05) is 0 Å². The summed E-state index contributed by atoms with van der Waals surface area (Å²) in [6, 6.07) is 6.11.